The fraction of sp³-hybridized carbons (Fsp3) is 0.421. The number of fused-ring (bicyclic) bond motifs is 1. The standard InChI is InChI=1S/C19H18N6OS/c1-11-7-24(18(26)19(11,10-20)13-3-4-13)17-16-5-6-21-25(16)8-14(23-17)15-9-27-12(2)22-15/h5-6,8-9,11,13H,3-4,7H2,1-2H3/t11-,19+/m1/s1. The summed E-state index contributed by atoms with van der Waals surface area (Å²) in [6.45, 7) is 4.45. The Kier molecular flexibility index (Phi) is 3.40. The summed E-state index contributed by atoms with van der Waals surface area (Å²) in [4.78, 5) is 24.4. The van der Waals surface area contributed by atoms with Gasteiger partial charge in [-0.05, 0) is 31.7 Å². The fourth-order valence-electron chi connectivity index (χ4n) is 4.20. The smallest absolute Gasteiger partial charge is 0.249 e. The number of aryl methyl sites for hydroxylation is 1. The van der Waals surface area contributed by atoms with Crippen molar-refractivity contribution in [1.29, 1.82) is 5.26 Å². The van der Waals surface area contributed by atoms with Crippen molar-refractivity contribution in [3.63, 3.8) is 0 Å². The quantitative estimate of drug-likeness (QED) is 0.699. The number of rotatable bonds is 3. The van der Waals surface area contributed by atoms with Gasteiger partial charge in [-0.1, -0.05) is 6.92 Å². The molecule has 136 valence electrons. The van der Waals surface area contributed by atoms with E-state index in [1.807, 2.05) is 31.5 Å². The maximum atomic E-state index is 13.4. The van der Waals surface area contributed by atoms with Gasteiger partial charge in [0.1, 0.15) is 22.3 Å². The zero-order chi connectivity index (χ0) is 18.8. The Balaban J connectivity index is 1.66. The molecule has 0 N–H and O–H groups in total. The van der Waals surface area contributed by atoms with Crippen LogP contribution in [0, 0.1) is 35.5 Å². The summed E-state index contributed by atoms with van der Waals surface area (Å²) < 4.78 is 1.73. The number of hydrogen-bond donors (Lipinski definition) is 0. The van der Waals surface area contributed by atoms with Gasteiger partial charge in [-0.15, -0.1) is 11.3 Å². The van der Waals surface area contributed by atoms with Crippen LogP contribution in [-0.4, -0.2) is 32.0 Å². The average molecular weight is 378 g/mol. The molecule has 5 rings (SSSR count). The van der Waals surface area contributed by atoms with E-state index in [1.54, 1.807) is 26.9 Å². The molecule has 3 aromatic heterocycles. The van der Waals surface area contributed by atoms with Crippen LogP contribution < -0.4 is 4.90 Å². The van der Waals surface area contributed by atoms with E-state index in [4.69, 9.17) is 4.98 Å². The summed E-state index contributed by atoms with van der Waals surface area (Å²) in [7, 11) is 0. The highest BCUT2D eigenvalue weighted by atomic mass is 32.1. The number of carbonyl (C=O) groups excluding carboxylic acids is 1. The Hall–Kier alpha value is -2.79. The number of hydrogen-bond acceptors (Lipinski definition) is 6. The third kappa shape index (κ3) is 2.24. The molecular formula is C19H18N6OS. The second-order valence-corrected chi connectivity index (χ2v) is 8.50. The Morgan fingerprint density at radius 2 is 2.15 bits per heavy atom. The molecule has 1 saturated heterocycles. The third-order valence-corrected chi connectivity index (χ3v) is 6.52. The first kappa shape index (κ1) is 16.4. The minimum Gasteiger partial charge on any atom is -0.293 e. The molecule has 0 bridgehead atoms. The molecule has 1 aliphatic heterocycles. The molecule has 8 heteroatoms. The molecule has 7 nitrogen and oxygen atoms in total. The van der Waals surface area contributed by atoms with E-state index in [0.717, 1.165) is 29.1 Å². The van der Waals surface area contributed by atoms with Gasteiger partial charge in [0, 0.05) is 17.8 Å². The lowest BCUT2D eigenvalue weighted by atomic mass is 9.75. The predicted octanol–water partition coefficient (Wildman–Crippen LogP) is 3.06. The predicted molar refractivity (Wildman–Crippen MR) is 101 cm³/mol. The summed E-state index contributed by atoms with van der Waals surface area (Å²) in [6.07, 6.45) is 5.42. The normalized spacial score (nSPS) is 25.3. The summed E-state index contributed by atoms with van der Waals surface area (Å²) in [5.74, 6) is 0.574. The molecule has 0 aromatic carbocycles. The number of anilines is 1. The van der Waals surface area contributed by atoms with Crippen molar-refractivity contribution in [2.75, 3.05) is 11.4 Å². The Morgan fingerprint density at radius 1 is 1.33 bits per heavy atom. The molecular weight excluding hydrogens is 360 g/mol. The zero-order valence-electron chi connectivity index (χ0n) is 15.1. The lowest BCUT2D eigenvalue weighted by Gasteiger charge is -2.23. The Morgan fingerprint density at radius 3 is 2.81 bits per heavy atom. The zero-order valence-corrected chi connectivity index (χ0v) is 15.9. The first-order valence-corrected chi connectivity index (χ1v) is 9.92. The molecule has 4 heterocycles. The van der Waals surface area contributed by atoms with E-state index < -0.39 is 5.41 Å². The number of nitrogens with zero attached hydrogens (tertiary/aromatic N) is 6. The highest BCUT2D eigenvalue weighted by Crippen LogP contribution is 2.54. The van der Waals surface area contributed by atoms with Crippen LogP contribution in [0.25, 0.3) is 16.9 Å². The lowest BCUT2D eigenvalue weighted by Crippen LogP contribution is -2.37. The molecule has 0 radical (unpaired) electrons. The first-order valence-electron chi connectivity index (χ1n) is 9.04. The van der Waals surface area contributed by atoms with Gasteiger partial charge in [0.25, 0.3) is 0 Å². The van der Waals surface area contributed by atoms with Gasteiger partial charge in [-0.3, -0.25) is 9.69 Å². The molecule has 0 unspecified atom stereocenters. The second-order valence-electron chi connectivity index (χ2n) is 7.43. The molecule has 2 atom stereocenters. The van der Waals surface area contributed by atoms with Gasteiger partial charge in [-0.2, -0.15) is 10.4 Å². The molecule has 27 heavy (non-hydrogen) atoms. The summed E-state index contributed by atoms with van der Waals surface area (Å²) in [5, 5.41) is 17.1. The van der Waals surface area contributed by atoms with Gasteiger partial charge < -0.3 is 0 Å². The lowest BCUT2D eigenvalue weighted by molar-refractivity contribution is -0.124. The van der Waals surface area contributed by atoms with Crippen LogP contribution in [-0.2, 0) is 4.79 Å². The minimum atomic E-state index is -0.925. The molecule has 1 aliphatic carbocycles. The molecule has 0 spiro atoms. The van der Waals surface area contributed by atoms with Crippen LogP contribution in [0.5, 0.6) is 0 Å². The number of amides is 1. The molecule has 1 saturated carbocycles. The SMILES string of the molecule is Cc1nc(-c2cn3nccc3c(N3C[C@@H](C)[C@@](C#N)(C4CC4)C3=O)n2)cs1. The third-order valence-electron chi connectivity index (χ3n) is 5.75. The summed E-state index contributed by atoms with van der Waals surface area (Å²) in [5.41, 5.74) is 1.28. The molecule has 1 amide bonds. The van der Waals surface area contributed by atoms with Crippen molar-refractivity contribution in [1.82, 2.24) is 19.6 Å². The highest BCUT2D eigenvalue weighted by molar-refractivity contribution is 7.09. The van der Waals surface area contributed by atoms with Crippen molar-refractivity contribution in [2.24, 2.45) is 17.3 Å². The van der Waals surface area contributed by atoms with Gasteiger partial charge in [-0.25, -0.2) is 14.5 Å². The van der Waals surface area contributed by atoms with Crippen molar-refractivity contribution >= 4 is 28.6 Å². The Labute approximate surface area is 160 Å². The average Bonchev–Trinajstić information content (AvgIpc) is 3.12. The van der Waals surface area contributed by atoms with Crippen LogP contribution in [0.1, 0.15) is 24.8 Å². The maximum Gasteiger partial charge on any atom is 0.249 e. The molecule has 2 fully saturated rings. The van der Waals surface area contributed by atoms with Crippen molar-refractivity contribution in [3.8, 4) is 17.5 Å². The van der Waals surface area contributed by atoms with Crippen molar-refractivity contribution in [2.45, 2.75) is 26.7 Å². The fourth-order valence-corrected chi connectivity index (χ4v) is 4.80. The van der Waals surface area contributed by atoms with E-state index in [9.17, 15) is 10.1 Å². The summed E-state index contributed by atoms with van der Waals surface area (Å²) in [6, 6.07) is 4.23. The van der Waals surface area contributed by atoms with Crippen LogP contribution >= 0.6 is 11.3 Å². The van der Waals surface area contributed by atoms with E-state index in [2.05, 4.69) is 16.2 Å². The monoisotopic (exact) mass is 378 g/mol. The number of thiazole rings is 1. The van der Waals surface area contributed by atoms with Crippen LogP contribution in [0.15, 0.2) is 23.8 Å². The van der Waals surface area contributed by atoms with Gasteiger partial charge in [0.15, 0.2) is 5.82 Å². The van der Waals surface area contributed by atoms with Gasteiger partial charge in [0.2, 0.25) is 5.91 Å². The van der Waals surface area contributed by atoms with E-state index in [-0.39, 0.29) is 17.7 Å². The number of aromatic nitrogens is 4. The summed E-state index contributed by atoms with van der Waals surface area (Å²) >= 11 is 1.56. The first-order chi connectivity index (χ1) is 13.0. The second kappa shape index (κ2) is 5.60. The van der Waals surface area contributed by atoms with Crippen LogP contribution in [0.2, 0.25) is 0 Å². The minimum absolute atomic E-state index is 0.0301. The van der Waals surface area contributed by atoms with Gasteiger partial charge in [0.05, 0.1) is 23.5 Å². The largest absolute Gasteiger partial charge is 0.293 e. The van der Waals surface area contributed by atoms with E-state index >= 15 is 0 Å². The highest BCUT2D eigenvalue weighted by Gasteiger charge is 2.61. The maximum absolute atomic E-state index is 13.4. The molecule has 3 aromatic rings. The topological polar surface area (TPSA) is 87.2 Å². The van der Waals surface area contributed by atoms with Gasteiger partial charge >= 0.3 is 0 Å². The van der Waals surface area contributed by atoms with Crippen molar-refractivity contribution in [3.05, 3.63) is 28.8 Å². The van der Waals surface area contributed by atoms with Crippen LogP contribution in [0.4, 0.5) is 5.82 Å². The van der Waals surface area contributed by atoms with Crippen molar-refractivity contribution < 1.29 is 4.79 Å². The Bertz CT molecular complexity index is 1110. The van der Waals surface area contributed by atoms with Crippen LogP contribution in [0.3, 0.4) is 0 Å². The molecule has 2 aliphatic rings. The number of carbonyl (C=O) groups is 1. The van der Waals surface area contributed by atoms with E-state index in [1.165, 1.54) is 0 Å². The number of nitriles is 1. The van der Waals surface area contributed by atoms with E-state index in [0.29, 0.717) is 18.1 Å².